The predicted octanol–water partition coefficient (Wildman–Crippen LogP) is 3.35. The lowest BCUT2D eigenvalue weighted by atomic mass is 10.1. The number of anilines is 2. The quantitative estimate of drug-likeness (QED) is 0.244. The fraction of sp³-hybridized carbons (Fsp3) is 0.406. The van der Waals surface area contributed by atoms with Gasteiger partial charge in [-0.05, 0) is 30.7 Å². The van der Waals surface area contributed by atoms with E-state index in [-0.39, 0.29) is 35.6 Å². The van der Waals surface area contributed by atoms with Crippen LogP contribution >= 0.6 is 11.3 Å². The molecule has 0 radical (unpaired) electrons. The number of carbonyl (C=O) groups excluding carboxylic acids is 3. The summed E-state index contributed by atoms with van der Waals surface area (Å²) in [6.45, 7) is 9.93. The molecule has 0 aliphatic carbocycles. The monoisotopic (exact) mass is 728 g/mol. The highest BCUT2D eigenvalue weighted by atomic mass is 32.1. The number of aryl methyl sites for hydroxylation is 1. The molecule has 2 aliphatic heterocycles. The fourth-order valence-corrected chi connectivity index (χ4v) is 6.68. The second-order valence-corrected chi connectivity index (χ2v) is 13.1. The van der Waals surface area contributed by atoms with Crippen LogP contribution < -0.4 is 15.5 Å². The lowest BCUT2D eigenvalue weighted by molar-refractivity contribution is -0.137. The van der Waals surface area contributed by atoms with Crippen molar-refractivity contribution in [1.82, 2.24) is 39.7 Å². The molecule has 51 heavy (non-hydrogen) atoms. The summed E-state index contributed by atoms with van der Waals surface area (Å²) in [6.07, 6.45) is -1.84. The van der Waals surface area contributed by atoms with Gasteiger partial charge in [-0.1, -0.05) is 6.58 Å². The minimum atomic E-state index is -4.81. The van der Waals surface area contributed by atoms with Crippen molar-refractivity contribution in [3.05, 3.63) is 63.9 Å². The maximum Gasteiger partial charge on any atom is 0.417 e. The highest BCUT2D eigenvalue weighted by Crippen LogP contribution is 2.38. The molecule has 6 heterocycles. The SMILES string of the molecule is C=CC(=O)NCc1nc(C(=O)N2CCN(Cc3cc4c(N5CCOCC5)nc(-c5cnc(NC(=O)OC)cc5C(F)(F)F)nn4c3)CC2)c(C)s1. The lowest BCUT2D eigenvalue weighted by Gasteiger charge is -2.34. The number of carbonyl (C=O) groups is 3. The predicted molar refractivity (Wildman–Crippen MR) is 180 cm³/mol. The number of rotatable bonds is 9. The van der Waals surface area contributed by atoms with Crippen LogP contribution in [-0.4, -0.2) is 112 Å². The van der Waals surface area contributed by atoms with E-state index in [1.54, 1.807) is 11.1 Å². The highest BCUT2D eigenvalue weighted by molar-refractivity contribution is 7.11. The van der Waals surface area contributed by atoms with Crippen LogP contribution in [0.3, 0.4) is 0 Å². The van der Waals surface area contributed by atoms with Crippen LogP contribution in [0.4, 0.5) is 29.6 Å². The van der Waals surface area contributed by atoms with Crippen LogP contribution in [0.25, 0.3) is 16.9 Å². The molecule has 0 bridgehead atoms. The molecule has 2 aliphatic rings. The van der Waals surface area contributed by atoms with Gasteiger partial charge in [0.05, 0.1) is 38.0 Å². The molecule has 3 amide bonds. The Labute approximate surface area is 294 Å². The zero-order valence-corrected chi connectivity index (χ0v) is 28.6. The van der Waals surface area contributed by atoms with Gasteiger partial charge in [-0.3, -0.25) is 19.8 Å². The molecule has 6 rings (SSSR count). The second kappa shape index (κ2) is 15.0. The number of piperazine rings is 1. The normalized spacial score (nSPS) is 15.5. The molecular weight excluding hydrogens is 693 g/mol. The fourth-order valence-electron chi connectivity index (χ4n) is 5.82. The van der Waals surface area contributed by atoms with E-state index in [9.17, 15) is 27.6 Å². The van der Waals surface area contributed by atoms with Crippen molar-refractivity contribution in [2.24, 2.45) is 0 Å². The van der Waals surface area contributed by atoms with Crippen molar-refractivity contribution in [2.45, 2.75) is 26.2 Å². The smallest absolute Gasteiger partial charge is 0.417 e. The molecule has 0 aromatic carbocycles. The Morgan fingerprint density at radius 1 is 1.10 bits per heavy atom. The molecule has 0 spiro atoms. The molecule has 2 saturated heterocycles. The first kappa shape index (κ1) is 35.7. The number of fused-ring (bicyclic) bond motifs is 1. The van der Waals surface area contributed by atoms with Crippen LogP contribution in [0.5, 0.6) is 0 Å². The van der Waals surface area contributed by atoms with Gasteiger partial charge in [0.15, 0.2) is 11.6 Å². The van der Waals surface area contributed by atoms with E-state index < -0.39 is 17.8 Å². The summed E-state index contributed by atoms with van der Waals surface area (Å²) in [5, 5.41) is 9.96. The molecule has 270 valence electrons. The second-order valence-electron chi connectivity index (χ2n) is 11.8. The first-order chi connectivity index (χ1) is 24.4. The van der Waals surface area contributed by atoms with E-state index in [1.165, 1.54) is 21.9 Å². The number of aromatic nitrogens is 5. The van der Waals surface area contributed by atoms with Crippen molar-refractivity contribution in [1.29, 1.82) is 0 Å². The first-order valence-electron chi connectivity index (χ1n) is 16.0. The summed E-state index contributed by atoms with van der Waals surface area (Å²) >= 11 is 1.36. The minimum absolute atomic E-state index is 0.168. The summed E-state index contributed by atoms with van der Waals surface area (Å²) in [7, 11) is 1.09. The number of pyridine rings is 1. The van der Waals surface area contributed by atoms with Gasteiger partial charge in [0.25, 0.3) is 5.91 Å². The van der Waals surface area contributed by atoms with E-state index in [4.69, 9.17) is 4.74 Å². The minimum Gasteiger partial charge on any atom is -0.453 e. The Bertz CT molecular complexity index is 1950. The van der Waals surface area contributed by atoms with Gasteiger partial charge in [-0.25, -0.2) is 24.3 Å². The average molecular weight is 729 g/mol. The Hall–Kier alpha value is -5.14. The summed E-state index contributed by atoms with van der Waals surface area (Å²) in [4.78, 5) is 56.2. The van der Waals surface area contributed by atoms with Gasteiger partial charge >= 0.3 is 12.3 Å². The zero-order valence-electron chi connectivity index (χ0n) is 27.8. The number of nitrogens with zero attached hydrogens (tertiary/aromatic N) is 8. The van der Waals surface area contributed by atoms with Crippen molar-refractivity contribution in [3.8, 4) is 11.4 Å². The summed E-state index contributed by atoms with van der Waals surface area (Å²) in [5.74, 6) is -0.553. The average Bonchev–Trinajstić information content (AvgIpc) is 3.72. The third-order valence-electron chi connectivity index (χ3n) is 8.39. The molecule has 0 unspecified atom stereocenters. The molecule has 4 aromatic heterocycles. The maximum atomic E-state index is 14.3. The van der Waals surface area contributed by atoms with Gasteiger partial charge < -0.3 is 24.6 Å². The van der Waals surface area contributed by atoms with Crippen molar-refractivity contribution in [3.63, 3.8) is 0 Å². The molecule has 0 saturated carbocycles. The molecule has 4 aromatic rings. The van der Waals surface area contributed by atoms with Crippen molar-refractivity contribution < 1.29 is 37.0 Å². The van der Waals surface area contributed by atoms with E-state index >= 15 is 0 Å². The maximum absolute atomic E-state index is 14.3. The molecule has 19 heteroatoms. The lowest BCUT2D eigenvalue weighted by Crippen LogP contribution is -2.48. The van der Waals surface area contributed by atoms with Crippen LogP contribution in [0.1, 0.15) is 31.5 Å². The number of halogens is 3. The third kappa shape index (κ3) is 8.10. The number of thiazole rings is 1. The van der Waals surface area contributed by atoms with Crippen molar-refractivity contribution >= 4 is 46.4 Å². The summed E-state index contributed by atoms with van der Waals surface area (Å²) < 4.78 is 54.5. The van der Waals surface area contributed by atoms with Crippen LogP contribution in [0.2, 0.25) is 0 Å². The number of methoxy groups -OCH3 is 1. The molecule has 2 N–H and O–H groups in total. The third-order valence-corrected chi connectivity index (χ3v) is 9.36. The van der Waals surface area contributed by atoms with Gasteiger partial charge in [0.2, 0.25) is 5.91 Å². The van der Waals surface area contributed by atoms with Crippen LogP contribution in [-0.2, 0) is 33.5 Å². The van der Waals surface area contributed by atoms with Gasteiger partial charge in [-0.2, -0.15) is 13.2 Å². The number of hydrogen-bond acceptors (Lipinski definition) is 12. The largest absolute Gasteiger partial charge is 0.453 e. The molecule has 2 fully saturated rings. The number of amides is 3. The molecule has 15 nitrogen and oxygen atoms in total. The number of morpholine rings is 1. The Morgan fingerprint density at radius 2 is 1.84 bits per heavy atom. The Morgan fingerprint density at radius 3 is 2.53 bits per heavy atom. The molecular formula is C32H35F3N10O5S. The number of hydrogen-bond donors (Lipinski definition) is 2. The molecule has 0 atom stereocenters. The van der Waals surface area contributed by atoms with Gasteiger partial charge in [0, 0.05) is 63.1 Å². The highest BCUT2D eigenvalue weighted by Gasteiger charge is 2.36. The standard InChI is InChI=1S/C32H35F3N10O5S/c1-4-25(46)37-16-26-39-27(19(2)51-26)30(47)44-7-5-42(6-8-44)17-20-13-23-29(43-9-11-50-12-10-43)40-28(41-45(23)18-20)21-15-36-24(38-31(48)49-3)14-22(21)32(33,34)35/h4,13-15,18H,1,5-12,16-17H2,2-3H3,(H,37,46)(H,36,38,48). The van der Waals surface area contributed by atoms with E-state index in [1.807, 2.05) is 17.9 Å². The summed E-state index contributed by atoms with van der Waals surface area (Å²) in [6, 6.07) is 2.64. The van der Waals surface area contributed by atoms with E-state index in [0.29, 0.717) is 81.1 Å². The number of nitrogens with one attached hydrogen (secondary N) is 2. The van der Waals surface area contributed by atoms with Gasteiger partial charge in [0.1, 0.15) is 22.0 Å². The Kier molecular flexibility index (Phi) is 10.5. The van der Waals surface area contributed by atoms with Gasteiger partial charge in [-0.15, -0.1) is 16.4 Å². The number of alkyl halides is 3. The van der Waals surface area contributed by atoms with Crippen molar-refractivity contribution in [2.75, 3.05) is 69.8 Å². The number of ether oxygens (including phenoxy) is 2. The summed E-state index contributed by atoms with van der Waals surface area (Å²) in [5.41, 5.74) is 0.435. The Balaban J connectivity index is 1.22. The van der Waals surface area contributed by atoms with Crippen LogP contribution in [0, 0.1) is 6.92 Å². The first-order valence-corrected chi connectivity index (χ1v) is 16.8. The van der Waals surface area contributed by atoms with E-state index in [0.717, 1.165) is 29.8 Å². The zero-order chi connectivity index (χ0) is 36.3. The van der Waals surface area contributed by atoms with Crippen LogP contribution in [0.15, 0.2) is 37.2 Å². The van der Waals surface area contributed by atoms with E-state index in [2.05, 4.69) is 46.9 Å². The topological polar surface area (TPSA) is 159 Å².